The third-order valence-corrected chi connectivity index (χ3v) is 1.23. The normalized spacial score (nSPS) is 14.3. The number of ether oxygens (including phenoxy) is 2. The summed E-state index contributed by atoms with van der Waals surface area (Å²) in [5.74, 6) is 0. The number of methoxy groups -OCH3 is 1. The van der Waals surface area contributed by atoms with Gasteiger partial charge in [0.25, 0.3) is 0 Å². The molecule has 0 saturated heterocycles. The monoisotopic (exact) mass is 157 g/mol. The predicted molar refractivity (Wildman–Crippen MR) is 45.0 cm³/mol. The van der Waals surface area contributed by atoms with Gasteiger partial charge in [0.2, 0.25) is 0 Å². The van der Waals surface area contributed by atoms with Gasteiger partial charge in [0.05, 0.1) is 12.4 Å². The van der Waals surface area contributed by atoms with Crippen LogP contribution in [0.5, 0.6) is 0 Å². The Hall–Kier alpha value is -0.830. The Balaban J connectivity index is 3.47. The second kappa shape index (κ2) is 5.92. The van der Waals surface area contributed by atoms with Crippen molar-refractivity contribution in [3.8, 4) is 0 Å². The fourth-order valence-corrected chi connectivity index (χ4v) is 0.417. The van der Waals surface area contributed by atoms with Crippen molar-refractivity contribution in [3.05, 3.63) is 11.8 Å². The minimum atomic E-state index is 0.102. The van der Waals surface area contributed by atoms with Crippen LogP contribution in [0.3, 0.4) is 0 Å². The van der Waals surface area contributed by atoms with Crippen molar-refractivity contribution in [2.24, 2.45) is 0 Å². The smallest absolute Gasteiger partial charge is 0.113 e. The van der Waals surface area contributed by atoms with E-state index in [2.05, 4.69) is 0 Å². The van der Waals surface area contributed by atoms with Crippen LogP contribution in [-0.2, 0) is 9.47 Å². The lowest BCUT2D eigenvalue weighted by Gasteiger charge is -2.07. The van der Waals surface area contributed by atoms with Crippen molar-refractivity contribution in [1.29, 1.82) is 5.41 Å². The standard InChI is InChI=1S/C8H15NO2/c1-7(4-9)5-11-6-8(2)10-3/h4-5,8-9H,6H2,1-3H3/b7-5+,9-4?/t8-/m1/s1. The fraction of sp³-hybridized carbons (Fsp3) is 0.625. The molecule has 1 atom stereocenters. The van der Waals surface area contributed by atoms with E-state index in [-0.39, 0.29) is 6.10 Å². The summed E-state index contributed by atoms with van der Waals surface area (Å²) >= 11 is 0. The second-order valence-corrected chi connectivity index (χ2v) is 2.39. The maximum Gasteiger partial charge on any atom is 0.113 e. The van der Waals surface area contributed by atoms with Crippen LogP contribution in [0, 0.1) is 5.41 Å². The molecule has 0 aliphatic rings. The molecule has 0 fully saturated rings. The van der Waals surface area contributed by atoms with Gasteiger partial charge < -0.3 is 14.9 Å². The van der Waals surface area contributed by atoms with E-state index < -0.39 is 0 Å². The summed E-state index contributed by atoms with van der Waals surface area (Å²) in [6, 6.07) is 0. The fourth-order valence-electron chi connectivity index (χ4n) is 0.417. The van der Waals surface area contributed by atoms with Crippen LogP contribution in [0.25, 0.3) is 0 Å². The largest absolute Gasteiger partial charge is 0.498 e. The molecule has 0 radical (unpaired) electrons. The Morgan fingerprint density at radius 1 is 1.64 bits per heavy atom. The molecule has 0 rings (SSSR count). The Bertz CT molecular complexity index is 143. The molecule has 0 aromatic heterocycles. The molecule has 0 aliphatic carbocycles. The zero-order valence-electron chi connectivity index (χ0n) is 7.26. The summed E-state index contributed by atoms with van der Waals surface area (Å²) < 4.78 is 10.1. The minimum absolute atomic E-state index is 0.102. The maximum absolute atomic E-state index is 6.83. The zero-order valence-corrected chi connectivity index (χ0v) is 7.26. The first-order valence-electron chi connectivity index (χ1n) is 3.52. The van der Waals surface area contributed by atoms with Crippen LogP contribution >= 0.6 is 0 Å². The highest BCUT2D eigenvalue weighted by Crippen LogP contribution is 1.92. The first kappa shape index (κ1) is 10.2. The quantitative estimate of drug-likeness (QED) is 0.486. The van der Waals surface area contributed by atoms with Gasteiger partial charge in [-0.05, 0) is 13.8 Å². The van der Waals surface area contributed by atoms with E-state index in [0.717, 1.165) is 5.57 Å². The van der Waals surface area contributed by atoms with Gasteiger partial charge in [-0.25, -0.2) is 0 Å². The third kappa shape index (κ3) is 5.61. The highest BCUT2D eigenvalue weighted by molar-refractivity contribution is 5.74. The highest BCUT2D eigenvalue weighted by atomic mass is 16.5. The average molecular weight is 157 g/mol. The highest BCUT2D eigenvalue weighted by Gasteiger charge is 1.96. The van der Waals surface area contributed by atoms with Gasteiger partial charge >= 0.3 is 0 Å². The average Bonchev–Trinajstić information content (AvgIpc) is 2.04. The Kier molecular flexibility index (Phi) is 5.47. The molecule has 0 spiro atoms. The van der Waals surface area contributed by atoms with Gasteiger partial charge in [-0.2, -0.15) is 0 Å². The SMILES string of the molecule is CO[C@H](C)CO/C=C(\C)C=N. The van der Waals surface area contributed by atoms with Crippen LogP contribution in [-0.4, -0.2) is 26.0 Å². The Labute approximate surface area is 67.5 Å². The van der Waals surface area contributed by atoms with Crippen molar-refractivity contribution in [2.45, 2.75) is 20.0 Å². The van der Waals surface area contributed by atoms with E-state index in [1.165, 1.54) is 6.21 Å². The Morgan fingerprint density at radius 2 is 2.27 bits per heavy atom. The molecular formula is C8H15NO2. The molecule has 0 amide bonds. The number of allylic oxidation sites excluding steroid dienone is 1. The summed E-state index contributed by atoms with van der Waals surface area (Å²) in [5.41, 5.74) is 0.799. The van der Waals surface area contributed by atoms with Crippen LogP contribution in [0.2, 0.25) is 0 Å². The summed E-state index contributed by atoms with van der Waals surface area (Å²) in [7, 11) is 1.64. The van der Waals surface area contributed by atoms with Crippen molar-refractivity contribution < 1.29 is 9.47 Å². The van der Waals surface area contributed by atoms with Gasteiger partial charge in [0.1, 0.15) is 6.61 Å². The summed E-state index contributed by atoms with van der Waals surface area (Å²) in [4.78, 5) is 0. The van der Waals surface area contributed by atoms with Crippen molar-refractivity contribution in [2.75, 3.05) is 13.7 Å². The van der Waals surface area contributed by atoms with Crippen LogP contribution in [0.4, 0.5) is 0 Å². The maximum atomic E-state index is 6.83. The van der Waals surface area contributed by atoms with Gasteiger partial charge in [-0.1, -0.05) is 0 Å². The summed E-state index contributed by atoms with van der Waals surface area (Å²) in [5, 5.41) is 6.83. The molecule has 3 heteroatoms. The van der Waals surface area contributed by atoms with Crippen LogP contribution in [0.15, 0.2) is 11.8 Å². The van der Waals surface area contributed by atoms with Crippen LogP contribution in [0.1, 0.15) is 13.8 Å². The molecule has 0 aromatic rings. The molecule has 64 valence electrons. The molecule has 0 heterocycles. The number of hydrogen-bond donors (Lipinski definition) is 1. The lowest BCUT2D eigenvalue weighted by Crippen LogP contribution is -2.11. The van der Waals surface area contributed by atoms with Gasteiger partial charge in [-0.3, -0.25) is 0 Å². The number of rotatable bonds is 5. The predicted octanol–water partition coefficient (Wildman–Crippen LogP) is 1.59. The summed E-state index contributed by atoms with van der Waals surface area (Å²) in [6.07, 6.45) is 2.91. The topological polar surface area (TPSA) is 42.3 Å². The van der Waals surface area contributed by atoms with E-state index in [1.807, 2.05) is 13.8 Å². The molecular weight excluding hydrogens is 142 g/mol. The molecule has 0 aliphatic heterocycles. The molecule has 0 saturated carbocycles. The third-order valence-electron chi connectivity index (χ3n) is 1.23. The molecule has 11 heavy (non-hydrogen) atoms. The van der Waals surface area contributed by atoms with Crippen molar-refractivity contribution >= 4 is 6.21 Å². The van der Waals surface area contributed by atoms with Crippen LogP contribution < -0.4 is 0 Å². The minimum Gasteiger partial charge on any atom is -0.498 e. The molecule has 0 bridgehead atoms. The van der Waals surface area contributed by atoms with E-state index in [0.29, 0.717) is 6.61 Å². The lowest BCUT2D eigenvalue weighted by atomic mass is 10.4. The van der Waals surface area contributed by atoms with Crippen molar-refractivity contribution in [3.63, 3.8) is 0 Å². The van der Waals surface area contributed by atoms with Gasteiger partial charge in [0, 0.05) is 18.9 Å². The van der Waals surface area contributed by atoms with Gasteiger partial charge in [0.15, 0.2) is 0 Å². The van der Waals surface area contributed by atoms with E-state index in [9.17, 15) is 0 Å². The van der Waals surface area contributed by atoms with E-state index in [1.54, 1.807) is 13.4 Å². The number of nitrogens with one attached hydrogen (secondary N) is 1. The molecule has 0 unspecified atom stereocenters. The Morgan fingerprint density at radius 3 is 2.73 bits per heavy atom. The van der Waals surface area contributed by atoms with E-state index in [4.69, 9.17) is 14.9 Å². The molecule has 1 N–H and O–H groups in total. The summed E-state index contributed by atoms with van der Waals surface area (Å²) in [6.45, 7) is 4.26. The lowest BCUT2D eigenvalue weighted by molar-refractivity contribution is 0.0544. The molecule has 0 aromatic carbocycles. The van der Waals surface area contributed by atoms with Crippen molar-refractivity contribution in [1.82, 2.24) is 0 Å². The number of hydrogen-bond acceptors (Lipinski definition) is 3. The van der Waals surface area contributed by atoms with E-state index >= 15 is 0 Å². The first-order valence-corrected chi connectivity index (χ1v) is 3.52. The zero-order chi connectivity index (χ0) is 8.69. The van der Waals surface area contributed by atoms with Gasteiger partial charge in [-0.15, -0.1) is 0 Å². The first-order chi connectivity index (χ1) is 5.20. The second-order valence-electron chi connectivity index (χ2n) is 2.39. The molecule has 3 nitrogen and oxygen atoms in total.